The van der Waals surface area contributed by atoms with E-state index in [1.165, 1.54) is 4.90 Å². The number of aliphatic carboxylic acids is 1. The molecule has 5 nitrogen and oxygen atoms in total. The van der Waals surface area contributed by atoms with Gasteiger partial charge in [-0.2, -0.15) is 0 Å². The van der Waals surface area contributed by atoms with Gasteiger partial charge in [-0.05, 0) is 39.0 Å². The minimum atomic E-state index is -0.800. The van der Waals surface area contributed by atoms with E-state index < -0.39 is 23.6 Å². The largest absolute Gasteiger partial charge is 0.481 e. The summed E-state index contributed by atoms with van der Waals surface area (Å²) in [5.41, 5.74) is -0.532. The van der Waals surface area contributed by atoms with Crippen LogP contribution in [0.1, 0.15) is 27.2 Å². The number of likely N-dealkylation sites (tertiary alicyclic amines) is 1. The number of ether oxygens (including phenoxy) is 1. The summed E-state index contributed by atoms with van der Waals surface area (Å²) >= 11 is 0. The van der Waals surface area contributed by atoms with E-state index in [0.29, 0.717) is 12.5 Å². The molecule has 1 amide bonds. The number of rotatable bonds is 1. The van der Waals surface area contributed by atoms with Crippen LogP contribution in [0, 0.1) is 17.8 Å². The fraction of sp³-hybridized carbons (Fsp3) is 0.833. The van der Waals surface area contributed by atoms with Crippen LogP contribution in [0.4, 0.5) is 4.79 Å². The van der Waals surface area contributed by atoms with Gasteiger partial charge in [0.2, 0.25) is 0 Å². The molecule has 0 aromatic carbocycles. The van der Waals surface area contributed by atoms with Crippen molar-refractivity contribution in [2.75, 3.05) is 13.1 Å². The number of carbonyl (C=O) groups is 2. The molecular weight excluding hydrogens is 222 g/mol. The lowest BCUT2D eigenvalue weighted by Crippen LogP contribution is -2.45. The van der Waals surface area contributed by atoms with Crippen LogP contribution in [0.15, 0.2) is 0 Å². The van der Waals surface area contributed by atoms with Crippen LogP contribution in [-0.4, -0.2) is 40.8 Å². The van der Waals surface area contributed by atoms with E-state index in [1.807, 2.05) is 20.8 Å². The Kier molecular flexibility index (Phi) is 2.79. The summed E-state index contributed by atoms with van der Waals surface area (Å²) < 4.78 is 5.27. The Morgan fingerprint density at radius 3 is 2.47 bits per heavy atom. The van der Waals surface area contributed by atoms with Gasteiger partial charge in [0.05, 0.1) is 5.92 Å². The van der Waals surface area contributed by atoms with E-state index in [-0.39, 0.29) is 12.5 Å². The van der Waals surface area contributed by atoms with Gasteiger partial charge in [0.25, 0.3) is 0 Å². The maximum absolute atomic E-state index is 11.9. The van der Waals surface area contributed by atoms with Crippen LogP contribution in [0.25, 0.3) is 0 Å². The first-order valence-electron chi connectivity index (χ1n) is 5.98. The molecule has 2 fully saturated rings. The summed E-state index contributed by atoms with van der Waals surface area (Å²) in [7, 11) is 0. The summed E-state index contributed by atoms with van der Waals surface area (Å²) in [6.07, 6.45) is 0.532. The first-order valence-corrected chi connectivity index (χ1v) is 5.98. The van der Waals surface area contributed by atoms with E-state index in [0.717, 1.165) is 6.42 Å². The van der Waals surface area contributed by atoms with Gasteiger partial charge in [0.15, 0.2) is 0 Å². The predicted molar refractivity (Wildman–Crippen MR) is 60.5 cm³/mol. The quantitative estimate of drug-likeness (QED) is 0.756. The number of carboxylic acid groups (broad SMARTS) is 1. The topological polar surface area (TPSA) is 66.8 Å². The van der Waals surface area contributed by atoms with Crippen LogP contribution in [0.5, 0.6) is 0 Å². The molecule has 1 aliphatic heterocycles. The van der Waals surface area contributed by atoms with E-state index in [4.69, 9.17) is 9.84 Å². The Bertz CT molecular complexity index is 347. The molecule has 0 aromatic heterocycles. The average Bonchev–Trinajstić information content (AvgIpc) is 2.91. The van der Waals surface area contributed by atoms with Crippen LogP contribution in [-0.2, 0) is 9.53 Å². The number of nitrogens with zero attached hydrogens (tertiary/aromatic N) is 1. The van der Waals surface area contributed by atoms with Crippen LogP contribution in [0.2, 0.25) is 0 Å². The Labute approximate surface area is 101 Å². The highest BCUT2D eigenvalue weighted by Crippen LogP contribution is 2.48. The second-order valence-electron chi connectivity index (χ2n) is 5.99. The molecule has 5 heteroatoms. The molecule has 96 valence electrons. The normalized spacial score (nSPS) is 31.7. The zero-order valence-electron chi connectivity index (χ0n) is 10.5. The highest BCUT2D eigenvalue weighted by molar-refractivity contribution is 5.74. The van der Waals surface area contributed by atoms with Crippen molar-refractivity contribution in [3.63, 3.8) is 0 Å². The van der Waals surface area contributed by atoms with Gasteiger partial charge in [-0.25, -0.2) is 4.79 Å². The molecule has 17 heavy (non-hydrogen) atoms. The molecule has 2 aliphatic rings. The fourth-order valence-corrected chi connectivity index (χ4v) is 2.44. The Balaban J connectivity index is 1.98. The fourth-order valence-electron chi connectivity index (χ4n) is 2.44. The van der Waals surface area contributed by atoms with E-state index in [9.17, 15) is 9.59 Å². The van der Waals surface area contributed by atoms with Crippen LogP contribution < -0.4 is 0 Å². The SMILES string of the molecule is CC(C)(C)OC(=O)N1CC2CC2C(C(=O)O)C1. The lowest BCUT2D eigenvalue weighted by molar-refractivity contribution is -0.144. The summed E-state index contributed by atoms with van der Waals surface area (Å²) in [5.74, 6) is -0.587. The highest BCUT2D eigenvalue weighted by Gasteiger charge is 2.52. The van der Waals surface area contributed by atoms with Crippen molar-refractivity contribution in [1.82, 2.24) is 4.90 Å². The van der Waals surface area contributed by atoms with Gasteiger partial charge in [0.1, 0.15) is 5.60 Å². The molecule has 3 atom stereocenters. The maximum atomic E-state index is 11.9. The Morgan fingerprint density at radius 1 is 1.29 bits per heavy atom. The van der Waals surface area contributed by atoms with E-state index in [1.54, 1.807) is 0 Å². The number of piperidine rings is 1. The maximum Gasteiger partial charge on any atom is 0.410 e. The zero-order valence-corrected chi connectivity index (χ0v) is 10.5. The van der Waals surface area contributed by atoms with Crippen molar-refractivity contribution < 1.29 is 19.4 Å². The third-order valence-electron chi connectivity index (χ3n) is 3.33. The van der Waals surface area contributed by atoms with Gasteiger partial charge in [-0.15, -0.1) is 0 Å². The standard InChI is InChI=1S/C12H19NO4/c1-12(2,3)17-11(16)13-5-7-4-8(7)9(6-13)10(14)15/h7-9H,4-6H2,1-3H3,(H,14,15). The molecule has 1 saturated carbocycles. The molecule has 0 radical (unpaired) electrons. The third kappa shape index (κ3) is 2.70. The monoisotopic (exact) mass is 241 g/mol. The molecule has 1 N–H and O–H groups in total. The smallest absolute Gasteiger partial charge is 0.410 e. The minimum absolute atomic E-state index is 0.270. The molecule has 1 aliphatic carbocycles. The second kappa shape index (κ2) is 3.89. The molecule has 1 heterocycles. The van der Waals surface area contributed by atoms with Crippen molar-refractivity contribution >= 4 is 12.1 Å². The van der Waals surface area contributed by atoms with Crippen molar-refractivity contribution in [3.05, 3.63) is 0 Å². The molecular formula is C12H19NO4. The summed E-state index contributed by atoms with van der Waals surface area (Å²) in [5, 5.41) is 9.09. The number of hydrogen-bond acceptors (Lipinski definition) is 3. The van der Waals surface area contributed by atoms with Gasteiger partial charge in [0, 0.05) is 13.1 Å². The van der Waals surface area contributed by atoms with Gasteiger partial charge < -0.3 is 14.7 Å². The number of carbonyl (C=O) groups excluding carboxylic acids is 1. The summed E-state index contributed by atoms with van der Waals surface area (Å²) in [4.78, 5) is 24.5. The first-order chi connectivity index (χ1) is 7.78. The Morgan fingerprint density at radius 2 is 1.94 bits per heavy atom. The lowest BCUT2D eigenvalue weighted by Gasteiger charge is -2.32. The summed E-state index contributed by atoms with van der Waals surface area (Å²) in [6.45, 7) is 6.35. The van der Waals surface area contributed by atoms with Crippen molar-refractivity contribution in [3.8, 4) is 0 Å². The highest BCUT2D eigenvalue weighted by atomic mass is 16.6. The predicted octanol–water partition coefficient (Wildman–Crippen LogP) is 1.57. The molecule has 1 saturated heterocycles. The molecule has 0 bridgehead atoms. The average molecular weight is 241 g/mol. The van der Waals surface area contributed by atoms with Crippen molar-refractivity contribution in [2.24, 2.45) is 17.8 Å². The molecule has 2 rings (SSSR count). The van der Waals surface area contributed by atoms with Crippen LogP contribution in [0.3, 0.4) is 0 Å². The zero-order chi connectivity index (χ0) is 12.8. The number of amides is 1. The van der Waals surface area contributed by atoms with Crippen molar-refractivity contribution in [1.29, 1.82) is 0 Å². The van der Waals surface area contributed by atoms with Gasteiger partial charge >= 0.3 is 12.1 Å². The lowest BCUT2D eigenvalue weighted by atomic mass is 9.98. The minimum Gasteiger partial charge on any atom is -0.481 e. The third-order valence-corrected chi connectivity index (χ3v) is 3.33. The van der Waals surface area contributed by atoms with E-state index in [2.05, 4.69) is 0 Å². The number of fused-ring (bicyclic) bond motifs is 1. The number of carboxylic acids is 1. The molecule has 3 unspecified atom stereocenters. The number of hydrogen-bond donors (Lipinski definition) is 1. The van der Waals surface area contributed by atoms with Crippen molar-refractivity contribution in [2.45, 2.75) is 32.8 Å². The molecule has 0 spiro atoms. The Hall–Kier alpha value is -1.26. The molecule has 0 aromatic rings. The van der Waals surface area contributed by atoms with Gasteiger partial charge in [-0.3, -0.25) is 4.79 Å². The summed E-state index contributed by atoms with van der Waals surface area (Å²) in [6, 6.07) is 0. The first kappa shape index (κ1) is 12.2. The second-order valence-corrected chi connectivity index (χ2v) is 5.99. The van der Waals surface area contributed by atoms with Crippen LogP contribution >= 0.6 is 0 Å². The van der Waals surface area contributed by atoms with E-state index >= 15 is 0 Å². The van der Waals surface area contributed by atoms with Gasteiger partial charge in [-0.1, -0.05) is 0 Å².